The Morgan fingerprint density at radius 1 is 1.33 bits per heavy atom. The number of nitrogens with zero attached hydrogens (tertiary/aromatic N) is 1. The molecule has 1 aromatic carbocycles. The predicted molar refractivity (Wildman–Crippen MR) is 99.2 cm³/mol. The molecule has 2 rings (SSSR count). The zero-order valence-electron chi connectivity index (χ0n) is 14.1. The van der Waals surface area contributed by atoms with Crippen LogP contribution in [0.3, 0.4) is 0 Å². The van der Waals surface area contributed by atoms with Crippen molar-refractivity contribution >= 4 is 35.0 Å². The average molecular weight is 366 g/mol. The lowest BCUT2D eigenvalue weighted by molar-refractivity contribution is -0.113. The lowest BCUT2D eigenvalue weighted by atomic mass is 10.1. The van der Waals surface area contributed by atoms with Gasteiger partial charge in [0.15, 0.2) is 5.16 Å². The smallest absolute Gasteiger partial charge is 0.251 e. The maximum atomic E-state index is 12.2. The minimum Gasteiger partial charge on any atom is -0.324 e. The van der Waals surface area contributed by atoms with Gasteiger partial charge in [-0.3, -0.25) is 9.59 Å². The number of rotatable bonds is 5. The van der Waals surface area contributed by atoms with Crippen LogP contribution >= 0.6 is 23.4 Å². The number of benzene rings is 1. The number of halogens is 1. The molecule has 1 amide bonds. The molecule has 0 spiro atoms. The number of hydrogen-bond donors (Lipinski definition) is 2. The molecule has 24 heavy (non-hydrogen) atoms. The van der Waals surface area contributed by atoms with Gasteiger partial charge in [0, 0.05) is 6.07 Å². The van der Waals surface area contributed by atoms with E-state index in [9.17, 15) is 9.59 Å². The van der Waals surface area contributed by atoms with Crippen molar-refractivity contribution in [1.82, 2.24) is 9.97 Å². The summed E-state index contributed by atoms with van der Waals surface area (Å²) in [5.74, 6) is 0.0784. The Labute approximate surface area is 150 Å². The summed E-state index contributed by atoms with van der Waals surface area (Å²) in [5, 5.41) is 3.77. The van der Waals surface area contributed by atoms with Crippen LogP contribution in [0.4, 0.5) is 5.69 Å². The minimum atomic E-state index is -0.214. The molecule has 0 unspecified atom stereocenters. The summed E-state index contributed by atoms with van der Waals surface area (Å²) in [7, 11) is 0. The fourth-order valence-electron chi connectivity index (χ4n) is 2.20. The zero-order valence-corrected chi connectivity index (χ0v) is 15.6. The average Bonchev–Trinajstić information content (AvgIpc) is 2.48. The number of anilines is 1. The van der Waals surface area contributed by atoms with E-state index < -0.39 is 0 Å². The predicted octanol–water partition coefficient (Wildman–Crippen LogP) is 3.89. The second kappa shape index (κ2) is 7.85. The lowest BCUT2D eigenvalue weighted by Crippen LogP contribution is -2.17. The van der Waals surface area contributed by atoms with Gasteiger partial charge in [0.05, 0.1) is 22.2 Å². The molecule has 0 saturated carbocycles. The Hall–Kier alpha value is -1.79. The third kappa shape index (κ3) is 4.85. The first-order valence-electron chi connectivity index (χ1n) is 7.57. The normalized spacial score (nSPS) is 10.9. The molecule has 128 valence electrons. The van der Waals surface area contributed by atoms with E-state index in [1.165, 1.54) is 17.8 Å². The molecule has 0 aliphatic rings. The van der Waals surface area contributed by atoms with Crippen LogP contribution in [0, 0.1) is 13.8 Å². The van der Waals surface area contributed by atoms with Crippen molar-refractivity contribution in [3.63, 3.8) is 0 Å². The molecular formula is C17H20ClN3O2S. The first-order chi connectivity index (χ1) is 11.3. The number of thioether (sulfide) groups is 1. The summed E-state index contributed by atoms with van der Waals surface area (Å²) in [4.78, 5) is 30.8. The van der Waals surface area contributed by atoms with Gasteiger partial charge in [-0.1, -0.05) is 43.3 Å². The third-order valence-corrected chi connectivity index (χ3v) is 4.54. The summed E-state index contributed by atoms with van der Waals surface area (Å²) in [6.45, 7) is 7.77. The standard InChI is InChI=1S/C17H20ClN3O2S/c1-9(2)13-7-14(22)21-17(19-13)24-8-15(23)20-16-11(4)5-10(3)6-12(16)18/h5-7,9H,8H2,1-4H3,(H,20,23)(H,19,21,22). The van der Waals surface area contributed by atoms with Gasteiger partial charge in [-0.25, -0.2) is 4.98 Å². The number of H-pyrrole nitrogens is 1. The van der Waals surface area contributed by atoms with Crippen molar-refractivity contribution in [2.24, 2.45) is 0 Å². The Morgan fingerprint density at radius 2 is 2.04 bits per heavy atom. The highest BCUT2D eigenvalue weighted by molar-refractivity contribution is 7.99. The molecule has 1 heterocycles. The van der Waals surface area contributed by atoms with Crippen molar-refractivity contribution in [2.75, 3.05) is 11.1 Å². The molecule has 0 bridgehead atoms. The van der Waals surface area contributed by atoms with E-state index >= 15 is 0 Å². The van der Waals surface area contributed by atoms with Gasteiger partial charge in [0.1, 0.15) is 0 Å². The van der Waals surface area contributed by atoms with E-state index in [1.807, 2.05) is 39.8 Å². The molecule has 2 N–H and O–H groups in total. The molecule has 0 radical (unpaired) electrons. The lowest BCUT2D eigenvalue weighted by Gasteiger charge is -2.11. The van der Waals surface area contributed by atoms with E-state index in [0.717, 1.165) is 11.1 Å². The first kappa shape index (κ1) is 18.5. The van der Waals surface area contributed by atoms with Crippen molar-refractivity contribution in [3.05, 3.63) is 50.4 Å². The summed E-state index contributed by atoms with van der Waals surface area (Å²) in [6.07, 6.45) is 0. The second-order valence-corrected chi connectivity index (χ2v) is 7.28. The van der Waals surface area contributed by atoms with E-state index in [-0.39, 0.29) is 23.1 Å². The van der Waals surface area contributed by atoms with E-state index in [0.29, 0.717) is 21.6 Å². The number of nitrogens with one attached hydrogen (secondary N) is 2. The Morgan fingerprint density at radius 3 is 2.67 bits per heavy atom. The molecule has 2 aromatic rings. The van der Waals surface area contributed by atoms with Crippen LogP contribution in [0.2, 0.25) is 5.02 Å². The van der Waals surface area contributed by atoms with E-state index in [1.54, 1.807) is 0 Å². The molecule has 0 aliphatic carbocycles. The minimum absolute atomic E-state index is 0.133. The van der Waals surface area contributed by atoms with Crippen molar-refractivity contribution in [3.8, 4) is 0 Å². The first-order valence-corrected chi connectivity index (χ1v) is 8.93. The number of aromatic nitrogens is 2. The summed E-state index contributed by atoms with van der Waals surface area (Å²) in [6, 6.07) is 5.24. The number of aromatic amines is 1. The van der Waals surface area contributed by atoms with Crippen LogP contribution in [-0.2, 0) is 4.79 Å². The van der Waals surface area contributed by atoms with Gasteiger partial charge < -0.3 is 10.3 Å². The summed E-state index contributed by atoms with van der Waals surface area (Å²) >= 11 is 7.38. The molecule has 0 saturated heterocycles. The summed E-state index contributed by atoms with van der Waals surface area (Å²) in [5.41, 5.74) is 3.06. The molecule has 1 aromatic heterocycles. The largest absolute Gasteiger partial charge is 0.324 e. The van der Waals surface area contributed by atoms with Gasteiger partial charge in [-0.05, 0) is 37.0 Å². The number of hydrogen-bond acceptors (Lipinski definition) is 4. The van der Waals surface area contributed by atoms with Crippen LogP contribution in [0.25, 0.3) is 0 Å². The second-order valence-electron chi connectivity index (χ2n) is 5.91. The topological polar surface area (TPSA) is 74.8 Å². The van der Waals surface area contributed by atoms with Crippen LogP contribution in [-0.4, -0.2) is 21.6 Å². The summed E-state index contributed by atoms with van der Waals surface area (Å²) < 4.78 is 0. The highest BCUT2D eigenvalue weighted by Crippen LogP contribution is 2.27. The zero-order chi connectivity index (χ0) is 17.9. The number of amides is 1. The van der Waals surface area contributed by atoms with Crippen molar-refractivity contribution < 1.29 is 4.79 Å². The van der Waals surface area contributed by atoms with Gasteiger partial charge in [-0.2, -0.15) is 0 Å². The number of aryl methyl sites for hydroxylation is 2. The monoisotopic (exact) mass is 365 g/mol. The van der Waals surface area contributed by atoms with E-state index in [4.69, 9.17) is 11.6 Å². The molecule has 5 nitrogen and oxygen atoms in total. The van der Waals surface area contributed by atoms with E-state index in [2.05, 4.69) is 15.3 Å². The van der Waals surface area contributed by atoms with Crippen molar-refractivity contribution in [1.29, 1.82) is 0 Å². The third-order valence-electron chi connectivity index (χ3n) is 3.37. The molecule has 0 aliphatic heterocycles. The maximum Gasteiger partial charge on any atom is 0.251 e. The molecule has 0 fully saturated rings. The Balaban J connectivity index is 2.05. The molecular weight excluding hydrogens is 346 g/mol. The van der Waals surface area contributed by atoms with Crippen LogP contribution in [0.5, 0.6) is 0 Å². The Kier molecular flexibility index (Phi) is 6.07. The van der Waals surface area contributed by atoms with Crippen molar-refractivity contribution in [2.45, 2.75) is 38.8 Å². The quantitative estimate of drug-likeness (QED) is 0.622. The van der Waals surface area contributed by atoms with Gasteiger partial charge in [0.25, 0.3) is 5.56 Å². The van der Waals surface area contributed by atoms with Crippen LogP contribution in [0.1, 0.15) is 36.6 Å². The van der Waals surface area contributed by atoms with Crippen LogP contribution < -0.4 is 10.9 Å². The fourth-order valence-corrected chi connectivity index (χ4v) is 3.25. The van der Waals surface area contributed by atoms with Crippen LogP contribution in [0.15, 0.2) is 28.2 Å². The highest BCUT2D eigenvalue weighted by Gasteiger charge is 2.12. The Bertz CT molecular complexity index is 795. The van der Waals surface area contributed by atoms with Gasteiger partial charge >= 0.3 is 0 Å². The molecule has 7 heteroatoms. The van der Waals surface area contributed by atoms with Gasteiger partial charge in [-0.15, -0.1) is 0 Å². The number of carbonyl (C=O) groups excluding carboxylic acids is 1. The fraction of sp³-hybridized carbons (Fsp3) is 0.353. The highest BCUT2D eigenvalue weighted by atomic mass is 35.5. The van der Waals surface area contributed by atoms with Gasteiger partial charge in [0.2, 0.25) is 5.91 Å². The maximum absolute atomic E-state index is 12.2. The molecule has 0 atom stereocenters. The SMILES string of the molecule is Cc1cc(C)c(NC(=O)CSc2nc(C(C)C)cc(=O)[nH]2)c(Cl)c1. The number of carbonyl (C=O) groups is 1.